The Morgan fingerprint density at radius 3 is 2.62 bits per heavy atom. The van der Waals surface area contributed by atoms with Crippen molar-refractivity contribution in [3.8, 4) is 0 Å². The monoisotopic (exact) mass is 148 g/mol. The third-order valence-corrected chi connectivity index (χ3v) is 2.58. The number of rotatable bonds is 4. The number of hydrogen-bond acceptors (Lipinski definition) is 0. The largest absolute Gasteiger partial charge is 0.0937 e. The Labute approximate surface area is 55.9 Å². The summed E-state index contributed by atoms with van der Waals surface area (Å²) in [6.45, 7) is 4.55. The van der Waals surface area contributed by atoms with Crippen molar-refractivity contribution in [2.75, 3.05) is 6.16 Å². The van der Waals surface area contributed by atoms with Gasteiger partial charge in [0.05, 0.1) is 0 Å². The molecule has 0 amide bonds. The van der Waals surface area contributed by atoms with Crippen LogP contribution in [-0.4, -0.2) is 6.16 Å². The van der Waals surface area contributed by atoms with Crippen LogP contribution in [0.2, 0.25) is 0 Å². The first kappa shape index (κ1) is 8.60. The van der Waals surface area contributed by atoms with E-state index in [4.69, 9.17) is 0 Å². The van der Waals surface area contributed by atoms with Gasteiger partial charge >= 0.3 is 0 Å². The second kappa shape index (κ2) is 5.73. The summed E-state index contributed by atoms with van der Waals surface area (Å²) in [6.07, 6.45) is 3.98. The molecule has 0 saturated carbocycles. The maximum atomic E-state index is 3.42. The maximum absolute atomic E-state index is 3.42. The van der Waals surface area contributed by atoms with Crippen molar-refractivity contribution in [3.05, 3.63) is 0 Å². The van der Waals surface area contributed by atoms with E-state index in [2.05, 4.69) is 22.4 Å². The molecule has 1 atom stereocenters. The van der Waals surface area contributed by atoms with E-state index < -0.39 is 0 Å². The van der Waals surface area contributed by atoms with E-state index in [1.807, 2.05) is 0 Å². The van der Waals surface area contributed by atoms with Gasteiger partial charge < -0.3 is 0 Å². The predicted molar refractivity (Wildman–Crippen MR) is 44.2 cm³/mol. The van der Waals surface area contributed by atoms with Crippen LogP contribution >= 0.6 is 16.4 Å². The average Bonchev–Trinajstić information content (AvgIpc) is 1.83. The highest BCUT2D eigenvalue weighted by molar-refractivity contribution is 7.74. The molecule has 0 fully saturated rings. The predicted octanol–water partition coefficient (Wildman–Crippen LogP) is 3.43. The molecule has 0 aromatic heterocycles. The Morgan fingerprint density at radius 2 is 2.25 bits per heavy atom. The quantitative estimate of drug-likeness (QED) is 0.536. The molecular weight excluding hydrogens is 134 g/mol. The molecule has 0 bridgehead atoms. The number of hydrogen-bond donors (Lipinski definition) is 0. The first-order valence-corrected chi connectivity index (χ1v) is 5.56. The smallest absolute Gasteiger partial charge is 0.00659 e. The van der Waals surface area contributed by atoms with E-state index >= 15 is 0 Å². The molecule has 0 aromatic carbocycles. The van der Waals surface area contributed by atoms with Crippen LogP contribution in [0.15, 0.2) is 0 Å². The Bertz CT molecular complexity index is 61.5. The van der Waals surface area contributed by atoms with Gasteiger partial charge in [0.1, 0.15) is 0 Å². The van der Waals surface area contributed by atoms with Gasteiger partial charge in [-0.15, -0.1) is 0 Å². The highest BCUT2D eigenvalue weighted by Crippen LogP contribution is 2.12. The van der Waals surface area contributed by atoms with Gasteiger partial charge in [-0.2, -0.15) is 0 Å². The molecule has 0 radical (unpaired) electrons. The van der Waals surface area contributed by atoms with Crippen molar-refractivity contribution >= 4 is 16.4 Å². The van der Waals surface area contributed by atoms with Crippen molar-refractivity contribution < 1.29 is 0 Å². The topological polar surface area (TPSA) is 0 Å². The molecule has 2 heteroatoms. The molecule has 0 unspecified atom stereocenters. The van der Waals surface area contributed by atoms with Crippen LogP contribution in [0.4, 0.5) is 0 Å². The van der Waals surface area contributed by atoms with Crippen molar-refractivity contribution in [2.24, 2.45) is 5.92 Å². The van der Waals surface area contributed by atoms with E-state index in [9.17, 15) is 0 Å². The molecule has 0 heterocycles. The summed E-state index contributed by atoms with van der Waals surface area (Å²) in [7, 11) is 4.78. The van der Waals surface area contributed by atoms with Gasteiger partial charge in [-0.1, -0.05) is 36.7 Å². The first-order valence-electron chi connectivity index (χ1n) is 3.14. The zero-order valence-electron chi connectivity index (χ0n) is 5.65. The van der Waals surface area contributed by atoms with Crippen LogP contribution in [0.1, 0.15) is 26.7 Å². The van der Waals surface area contributed by atoms with Gasteiger partial charge in [-0.05, 0) is 18.5 Å². The van der Waals surface area contributed by atoms with Gasteiger partial charge in [-0.3, -0.25) is 0 Å². The summed E-state index contributed by atoms with van der Waals surface area (Å²) in [5.41, 5.74) is 0. The molecule has 0 nitrogen and oxygen atoms in total. The zero-order valence-corrected chi connectivity index (χ0v) is 7.54. The molecule has 0 rings (SSSR count). The van der Waals surface area contributed by atoms with Gasteiger partial charge in [0.15, 0.2) is 0 Å². The molecular formula is C6H14P2. The third-order valence-electron chi connectivity index (χ3n) is 1.43. The fourth-order valence-corrected chi connectivity index (χ4v) is 1.45. The molecule has 0 aliphatic carbocycles. The van der Waals surface area contributed by atoms with E-state index in [1.54, 1.807) is 0 Å². The summed E-state index contributed by atoms with van der Waals surface area (Å²) in [4.78, 5) is 0. The summed E-state index contributed by atoms with van der Waals surface area (Å²) in [5, 5.41) is 0. The lowest BCUT2D eigenvalue weighted by atomic mass is 10.1. The Morgan fingerprint density at radius 1 is 1.62 bits per heavy atom. The van der Waals surface area contributed by atoms with E-state index in [1.165, 1.54) is 26.9 Å². The lowest BCUT2D eigenvalue weighted by Crippen LogP contribution is -1.90. The fraction of sp³-hybridized carbons (Fsp3) is 1.00. The van der Waals surface area contributed by atoms with Crippen LogP contribution in [0.3, 0.4) is 0 Å². The van der Waals surface area contributed by atoms with E-state index in [-0.39, 0.29) is 0 Å². The van der Waals surface area contributed by atoms with Crippen LogP contribution in [-0.2, 0) is 0 Å². The van der Waals surface area contributed by atoms with Crippen molar-refractivity contribution in [2.45, 2.75) is 26.7 Å². The van der Waals surface area contributed by atoms with Crippen molar-refractivity contribution in [1.29, 1.82) is 0 Å². The molecule has 0 spiro atoms. The normalized spacial score (nSPS) is 14.2. The molecule has 0 aromatic rings. The van der Waals surface area contributed by atoms with Gasteiger partial charge in [0.2, 0.25) is 0 Å². The van der Waals surface area contributed by atoms with E-state index in [0.29, 0.717) is 0 Å². The highest BCUT2D eigenvalue weighted by Gasteiger charge is 1.94. The standard InChI is InChI=1S/C6H14P2/c1-3-6(2)4-5-8-7/h6-7H,3-5H2,1-2H3/t6-/m0/s1. The fourth-order valence-electron chi connectivity index (χ4n) is 0.489. The average molecular weight is 148 g/mol. The highest BCUT2D eigenvalue weighted by atomic mass is 31.7. The molecule has 0 aliphatic heterocycles. The first-order chi connectivity index (χ1) is 3.81. The second-order valence-electron chi connectivity index (χ2n) is 2.18. The maximum Gasteiger partial charge on any atom is -0.00659 e. The van der Waals surface area contributed by atoms with Gasteiger partial charge in [-0.25, -0.2) is 0 Å². The molecule has 8 heavy (non-hydrogen) atoms. The minimum atomic E-state index is 0.916. The van der Waals surface area contributed by atoms with Crippen LogP contribution in [0.25, 0.3) is 0 Å². The lowest BCUT2D eigenvalue weighted by Gasteiger charge is -2.02. The summed E-state index contributed by atoms with van der Waals surface area (Å²) >= 11 is 0. The van der Waals surface area contributed by atoms with Crippen LogP contribution in [0, 0.1) is 5.92 Å². The van der Waals surface area contributed by atoms with Gasteiger partial charge in [0, 0.05) is 0 Å². The lowest BCUT2D eigenvalue weighted by molar-refractivity contribution is 0.548. The van der Waals surface area contributed by atoms with Crippen LogP contribution < -0.4 is 0 Å². The minimum absolute atomic E-state index is 0.916. The Hall–Kier alpha value is 0.600. The van der Waals surface area contributed by atoms with E-state index in [0.717, 1.165) is 5.92 Å². The molecule has 0 aliphatic rings. The second-order valence-corrected chi connectivity index (χ2v) is 3.90. The Balaban J connectivity index is 2.97. The molecule has 0 N–H and O–H groups in total. The Kier molecular flexibility index (Phi) is 6.16. The van der Waals surface area contributed by atoms with Crippen molar-refractivity contribution in [1.82, 2.24) is 0 Å². The van der Waals surface area contributed by atoms with Crippen LogP contribution in [0.5, 0.6) is 0 Å². The summed E-state index contributed by atoms with van der Waals surface area (Å²) in [6, 6.07) is 0. The minimum Gasteiger partial charge on any atom is -0.0937 e. The van der Waals surface area contributed by atoms with Crippen molar-refractivity contribution in [3.63, 3.8) is 0 Å². The zero-order chi connectivity index (χ0) is 6.41. The summed E-state index contributed by atoms with van der Waals surface area (Å²) in [5.74, 6) is 0.916. The van der Waals surface area contributed by atoms with Gasteiger partial charge in [0.25, 0.3) is 0 Å². The summed E-state index contributed by atoms with van der Waals surface area (Å²) < 4.78 is 0. The third kappa shape index (κ3) is 4.75. The SMILES string of the molecule is CC[C@H](C)CCP=P. The molecule has 0 saturated heterocycles. The molecule has 48 valence electrons.